The second-order valence-corrected chi connectivity index (χ2v) is 5.70. The number of amides is 1. The second-order valence-electron chi connectivity index (χ2n) is 5.70. The molecule has 0 fully saturated rings. The molecule has 0 aliphatic rings. The Labute approximate surface area is 156 Å². The number of hydrogen-bond donors (Lipinski definition) is 1. The van der Waals surface area contributed by atoms with Crippen molar-refractivity contribution in [3.05, 3.63) is 23.8 Å². The van der Waals surface area contributed by atoms with Crippen LogP contribution in [-0.2, 0) is 20.7 Å². The maximum atomic E-state index is 12.2. The first-order chi connectivity index (χ1) is 12.9. The Hall–Kier alpha value is -2.00. The van der Waals surface area contributed by atoms with Gasteiger partial charge in [0.1, 0.15) is 0 Å². The predicted molar refractivity (Wildman–Crippen MR) is 93.2 cm³/mol. The summed E-state index contributed by atoms with van der Waals surface area (Å²) in [6.07, 6.45) is -3.02. The number of benzene rings is 1. The van der Waals surface area contributed by atoms with Gasteiger partial charge < -0.3 is 24.3 Å². The molecule has 0 radical (unpaired) electrons. The van der Waals surface area contributed by atoms with Crippen LogP contribution >= 0.6 is 0 Å². The van der Waals surface area contributed by atoms with Crippen molar-refractivity contribution in [1.82, 2.24) is 5.32 Å². The van der Waals surface area contributed by atoms with Crippen molar-refractivity contribution in [2.45, 2.75) is 25.4 Å². The summed E-state index contributed by atoms with van der Waals surface area (Å²) in [5.74, 6) is 0.102. The Kier molecular flexibility index (Phi) is 10.6. The van der Waals surface area contributed by atoms with Crippen LogP contribution in [0.4, 0.5) is 13.2 Å². The van der Waals surface area contributed by atoms with Crippen LogP contribution in [0.3, 0.4) is 0 Å². The standard InChI is InChI=1S/C18H26F3NO5/c1-24-10-11-26-9-3-8-22-17(23)7-5-14-4-6-15(16(12-14)25-2)27-13-18(19,20)21/h4,6,12H,3,5,7-11,13H2,1-2H3,(H,22,23). The molecule has 0 heterocycles. The Balaban J connectivity index is 2.34. The molecule has 0 aromatic heterocycles. The summed E-state index contributed by atoms with van der Waals surface area (Å²) in [6, 6.07) is 4.60. The zero-order valence-corrected chi connectivity index (χ0v) is 15.6. The Bertz CT molecular complexity index is 566. The third-order valence-corrected chi connectivity index (χ3v) is 3.48. The number of carbonyl (C=O) groups is 1. The van der Waals surface area contributed by atoms with Crippen LogP contribution in [0.5, 0.6) is 11.5 Å². The van der Waals surface area contributed by atoms with E-state index in [9.17, 15) is 18.0 Å². The van der Waals surface area contributed by atoms with E-state index >= 15 is 0 Å². The number of methoxy groups -OCH3 is 2. The molecule has 0 aliphatic carbocycles. The smallest absolute Gasteiger partial charge is 0.422 e. The highest BCUT2D eigenvalue weighted by molar-refractivity contribution is 5.76. The molecule has 1 N–H and O–H groups in total. The molecular weight excluding hydrogens is 367 g/mol. The lowest BCUT2D eigenvalue weighted by Gasteiger charge is -2.13. The lowest BCUT2D eigenvalue weighted by Crippen LogP contribution is -2.25. The van der Waals surface area contributed by atoms with Gasteiger partial charge in [-0.15, -0.1) is 0 Å². The molecule has 9 heteroatoms. The van der Waals surface area contributed by atoms with E-state index in [0.717, 1.165) is 5.56 Å². The van der Waals surface area contributed by atoms with Crippen LogP contribution in [0.1, 0.15) is 18.4 Å². The number of ether oxygens (including phenoxy) is 4. The highest BCUT2D eigenvalue weighted by atomic mass is 19.4. The van der Waals surface area contributed by atoms with Gasteiger partial charge in [-0.1, -0.05) is 6.07 Å². The predicted octanol–water partition coefficient (Wildman–Crippen LogP) is 2.74. The minimum atomic E-state index is -4.42. The molecule has 6 nitrogen and oxygen atoms in total. The number of rotatable bonds is 13. The van der Waals surface area contributed by atoms with E-state index < -0.39 is 12.8 Å². The quantitative estimate of drug-likeness (QED) is 0.522. The molecule has 0 saturated carbocycles. The summed E-state index contributed by atoms with van der Waals surface area (Å²) in [6.45, 7) is 0.727. The fourth-order valence-corrected chi connectivity index (χ4v) is 2.14. The zero-order chi connectivity index (χ0) is 20.1. The number of hydrogen-bond acceptors (Lipinski definition) is 5. The first-order valence-electron chi connectivity index (χ1n) is 8.55. The van der Waals surface area contributed by atoms with Crippen molar-refractivity contribution < 1.29 is 36.9 Å². The van der Waals surface area contributed by atoms with Gasteiger partial charge in [0.2, 0.25) is 5.91 Å². The van der Waals surface area contributed by atoms with Gasteiger partial charge in [-0.05, 0) is 30.5 Å². The van der Waals surface area contributed by atoms with Gasteiger partial charge in [0.15, 0.2) is 18.1 Å². The second kappa shape index (κ2) is 12.4. The molecular formula is C18H26F3NO5. The van der Waals surface area contributed by atoms with Gasteiger partial charge in [-0.3, -0.25) is 4.79 Å². The molecule has 0 unspecified atom stereocenters. The maximum Gasteiger partial charge on any atom is 0.422 e. The number of aryl methyl sites for hydroxylation is 1. The molecule has 0 bridgehead atoms. The van der Waals surface area contributed by atoms with Crippen molar-refractivity contribution in [3.8, 4) is 11.5 Å². The fraction of sp³-hybridized carbons (Fsp3) is 0.611. The highest BCUT2D eigenvalue weighted by Gasteiger charge is 2.29. The van der Waals surface area contributed by atoms with E-state index in [4.69, 9.17) is 18.9 Å². The van der Waals surface area contributed by atoms with Crippen LogP contribution in [-0.4, -0.2) is 59.3 Å². The summed E-state index contributed by atoms with van der Waals surface area (Å²) < 4.78 is 56.7. The first-order valence-corrected chi connectivity index (χ1v) is 8.55. The van der Waals surface area contributed by atoms with E-state index in [1.54, 1.807) is 19.2 Å². The summed E-state index contributed by atoms with van der Waals surface area (Å²) in [7, 11) is 2.95. The molecule has 1 aromatic carbocycles. The highest BCUT2D eigenvalue weighted by Crippen LogP contribution is 2.30. The van der Waals surface area contributed by atoms with Crippen LogP contribution in [0.25, 0.3) is 0 Å². The fourth-order valence-electron chi connectivity index (χ4n) is 2.14. The summed E-state index contributed by atoms with van der Waals surface area (Å²) in [5.41, 5.74) is 0.768. The lowest BCUT2D eigenvalue weighted by atomic mass is 10.1. The van der Waals surface area contributed by atoms with Gasteiger partial charge >= 0.3 is 6.18 Å². The number of carbonyl (C=O) groups excluding carboxylic acids is 1. The van der Waals surface area contributed by atoms with Gasteiger partial charge in [0.25, 0.3) is 0 Å². The normalized spacial score (nSPS) is 11.3. The van der Waals surface area contributed by atoms with Crippen molar-refractivity contribution in [1.29, 1.82) is 0 Å². The van der Waals surface area contributed by atoms with Gasteiger partial charge in [0, 0.05) is 26.7 Å². The zero-order valence-electron chi connectivity index (χ0n) is 15.6. The molecule has 154 valence electrons. The monoisotopic (exact) mass is 393 g/mol. The van der Waals surface area contributed by atoms with Gasteiger partial charge in [0.05, 0.1) is 20.3 Å². The van der Waals surface area contributed by atoms with Crippen molar-refractivity contribution in [2.24, 2.45) is 0 Å². The van der Waals surface area contributed by atoms with Crippen molar-refractivity contribution in [3.63, 3.8) is 0 Å². The largest absolute Gasteiger partial charge is 0.493 e. The molecule has 0 spiro atoms. The van der Waals surface area contributed by atoms with Crippen molar-refractivity contribution >= 4 is 5.91 Å². The molecule has 1 rings (SSSR count). The molecule has 1 aromatic rings. The van der Waals surface area contributed by atoms with Crippen LogP contribution in [0.15, 0.2) is 18.2 Å². The number of halogens is 3. The van der Waals surface area contributed by atoms with E-state index in [0.29, 0.717) is 39.2 Å². The number of nitrogens with one attached hydrogen (secondary N) is 1. The maximum absolute atomic E-state index is 12.2. The summed E-state index contributed by atoms with van der Waals surface area (Å²) in [5, 5.41) is 2.79. The van der Waals surface area contributed by atoms with Crippen LogP contribution in [0.2, 0.25) is 0 Å². The molecule has 0 atom stereocenters. The number of alkyl halides is 3. The van der Waals surface area contributed by atoms with E-state index in [2.05, 4.69) is 5.32 Å². The molecule has 0 saturated heterocycles. The van der Waals surface area contributed by atoms with Gasteiger partial charge in [-0.25, -0.2) is 0 Å². The SMILES string of the molecule is COCCOCCCNC(=O)CCc1ccc(OCC(F)(F)F)c(OC)c1. The van der Waals surface area contributed by atoms with Crippen LogP contribution < -0.4 is 14.8 Å². The third kappa shape index (κ3) is 10.7. The molecule has 0 aliphatic heterocycles. The Morgan fingerprint density at radius 2 is 1.89 bits per heavy atom. The van der Waals surface area contributed by atoms with Crippen molar-refractivity contribution in [2.75, 3.05) is 47.2 Å². The average molecular weight is 393 g/mol. The third-order valence-electron chi connectivity index (χ3n) is 3.48. The average Bonchev–Trinajstić information content (AvgIpc) is 2.63. The lowest BCUT2D eigenvalue weighted by molar-refractivity contribution is -0.153. The molecule has 1 amide bonds. The molecule has 27 heavy (non-hydrogen) atoms. The van der Waals surface area contributed by atoms with Gasteiger partial charge in [-0.2, -0.15) is 13.2 Å². The Morgan fingerprint density at radius 1 is 1.11 bits per heavy atom. The topological polar surface area (TPSA) is 66.0 Å². The first kappa shape index (κ1) is 23.0. The summed E-state index contributed by atoms with van der Waals surface area (Å²) in [4.78, 5) is 11.8. The van der Waals surface area contributed by atoms with Crippen LogP contribution in [0, 0.1) is 0 Å². The minimum Gasteiger partial charge on any atom is -0.493 e. The van der Waals surface area contributed by atoms with E-state index in [-0.39, 0.29) is 23.8 Å². The summed E-state index contributed by atoms with van der Waals surface area (Å²) >= 11 is 0. The Morgan fingerprint density at radius 3 is 2.56 bits per heavy atom. The van der Waals surface area contributed by atoms with E-state index in [1.165, 1.54) is 13.2 Å². The van der Waals surface area contributed by atoms with E-state index in [1.807, 2.05) is 0 Å². The minimum absolute atomic E-state index is 0.0106.